The molecule has 2 aromatic rings. The maximum atomic E-state index is 13.2. The van der Waals surface area contributed by atoms with Crippen molar-refractivity contribution in [3.8, 4) is 0 Å². The number of benzene rings is 1. The Hall–Kier alpha value is -3.83. The molecule has 0 bridgehead atoms. The third-order valence-electron chi connectivity index (χ3n) is 5.29. The number of anilines is 2. The summed E-state index contributed by atoms with van der Waals surface area (Å²) in [6.45, 7) is 7.32. The van der Waals surface area contributed by atoms with Gasteiger partial charge in [-0.2, -0.15) is 13.2 Å². The Morgan fingerprint density at radius 2 is 1.68 bits per heavy atom. The van der Waals surface area contributed by atoms with Gasteiger partial charge in [0.2, 0.25) is 11.8 Å². The molecule has 37 heavy (non-hydrogen) atoms. The summed E-state index contributed by atoms with van der Waals surface area (Å²) < 4.78 is 39.3. The van der Waals surface area contributed by atoms with Crippen molar-refractivity contribution < 1.29 is 22.8 Å². The Morgan fingerprint density at radius 3 is 2.19 bits per heavy atom. The summed E-state index contributed by atoms with van der Waals surface area (Å²) in [5.41, 5.74) is 4.08. The van der Waals surface area contributed by atoms with Crippen molar-refractivity contribution in [3.63, 3.8) is 0 Å². The Morgan fingerprint density at radius 1 is 1.08 bits per heavy atom. The lowest BCUT2D eigenvalue weighted by atomic mass is 10.1. The number of alkyl halides is 3. The number of nitrogen functional groups attached to an aromatic ring is 1. The van der Waals surface area contributed by atoms with Crippen molar-refractivity contribution in [3.05, 3.63) is 62.3 Å². The molecule has 0 aliphatic rings. The van der Waals surface area contributed by atoms with Crippen molar-refractivity contribution in [2.45, 2.75) is 40.4 Å². The van der Waals surface area contributed by atoms with Gasteiger partial charge in [-0.15, -0.1) is 0 Å². The van der Waals surface area contributed by atoms with E-state index in [2.05, 4.69) is 4.98 Å². The second kappa shape index (κ2) is 11.9. The molecule has 3 N–H and O–H groups in total. The monoisotopic (exact) mass is 523 g/mol. The molecule has 2 amide bonds. The van der Waals surface area contributed by atoms with Crippen molar-refractivity contribution in [2.24, 2.45) is 11.8 Å². The molecule has 1 aromatic heterocycles. The summed E-state index contributed by atoms with van der Waals surface area (Å²) in [6, 6.07) is 4.26. The van der Waals surface area contributed by atoms with Gasteiger partial charge in [0.25, 0.3) is 5.56 Å². The topological polar surface area (TPSA) is 121 Å². The number of hydrogen-bond acceptors (Lipinski definition) is 5. The van der Waals surface area contributed by atoms with Crippen LogP contribution in [0, 0.1) is 11.8 Å². The normalized spacial score (nSPS) is 11.9. The number of aromatic amines is 1. The maximum absolute atomic E-state index is 13.2. The van der Waals surface area contributed by atoms with Crippen LogP contribution in [0.5, 0.6) is 0 Å². The molecular formula is C25H32F3N5O4. The maximum Gasteiger partial charge on any atom is 0.416 e. The minimum atomic E-state index is -4.46. The average molecular weight is 524 g/mol. The van der Waals surface area contributed by atoms with Crippen LogP contribution >= 0.6 is 0 Å². The molecule has 1 heterocycles. The fourth-order valence-corrected chi connectivity index (χ4v) is 3.51. The quantitative estimate of drug-likeness (QED) is 0.490. The van der Waals surface area contributed by atoms with Crippen molar-refractivity contribution in [2.75, 3.05) is 30.8 Å². The van der Waals surface area contributed by atoms with Crippen molar-refractivity contribution in [1.82, 2.24) is 14.5 Å². The van der Waals surface area contributed by atoms with Crippen LogP contribution in [0.25, 0.3) is 6.08 Å². The van der Waals surface area contributed by atoms with Crippen LogP contribution < -0.4 is 21.9 Å². The number of H-pyrrole nitrogens is 1. The molecule has 0 fully saturated rings. The fraction of sp³-hybridized carbons (Fsp3) is 0.440. The van der Waals surface area contributed by atoms with Crippen molar-refractivity contribution in [1.29, 1.82) is 0 Å². The molecule has 0 atom stereocenters. The van der Waals surface area contributed by atoms with Crippen LogP contribution in [-0.2, 0) is 22.3 Å². The third kappa shape index (κ3) is 7.83. The molecule has 0 aliphatic carbocycles. The zero-order valence-corrected chi connectivity index (χ0v) is 21.4. The van der Waals surface area contributed by atoms with E-state index in [4.69, 9.17) is 5.73 Å². The summed E-state index contributed by atoms with van der Waals surface area (Å²) in [4.78, 5) is 55.2. The second-order valence-electron chi connectivity index (χ2n) is 9.54. The molecular weight excluding hydrogens is 491 g/mol. The SMILES string of the molecule is CC(C)CN(C(=O)CN(C)C(=O)C=Cc1ccc(C(F)(F)F)cc1)c1c(N)n(CC(C)C)c(=O)[nH]c1=O. The highest BCUT2D eigenvalue weighted by Crippen LogP contribution is 2.29. The molecule has 0 saturated heterocycles. The number of carbonyl (C=O) groups is 2. The lowest BCUT2D eigenvalue weighted by Gasteiger charge is -2.28. The van der Waals surface area contributed by atoms with Gasteiger partial charge in [0, 0.05) is 26.2 Å². The number of halogens is 3. The van der Waals surface area contributed by atoms with Gasteiger partial charge in [0.05, 0.1) is 5.56 Å². The Kier molecular flexibility index (Phi) is 9.49. The predicted molar refractivity (Wildman–Crippen MR) is 136 cm³/mol. The lowest BCUT2D eigenvalue weighted by molar-refractivity contribution is -0.137. The Bertz CT molecular complexity index is 1260. The molecule has 2 rings (SSSR count). The number of rotatable bonds is 9. The summed E-state index contributed by atoms with van der Waals surface area (Å²) >= 11 is 0. The van der Waals surface area contributed by atoms with E-state index in [1.54, 1.807) is 0 Å². The van der Waals surface area contributed by atoms with Gasteiger partial charge in [-0.1, -0.05) is 39.8 Å². The summed E-state index contributed by atoms with van der Waals surface area (Å²) in [6.07, 6.45) is -2.00. The van der Waals surface area contributed by atoms with Gasteiger partial charge < -0.3 is 15.5 Å². The van der Waals surface area contributed by atoms with Gasteiger partial charge in [-0.3, -0.25) is 23.9 Å². The van der Waals surface area contributed by atoms with E-state index >= 15 is 0 Å². The van der Waals surface area contributed by atoms with Gasteiger partial charge in [-0.05, 0) is 35.6 Å². The fourth-order valence-electron chi connectivity index (χ4n) is 3.51. The minimum Gasteiger partial charge on any atom is -0.383 e. The highest BCUT2D eigenvalue weighted by molar-refractivity contribution is 6.00. The number of nitrogens with one attached hydrogen (secondary N) is 1. The molecule has 1 aromatic carbocycles. The molecule has 0 saturated carbocycles. The van der Waals surface area contributed by atoms with Crippen LogP contribution in [0.1, 0.15) is 38.8 Å². The number of likely N-dealkylation sites (N-methyl/N-ethyl adjacent to an activating group) is 1. The van der Waals surface area contributed by atoms with E-state index in [1.165, 1.54) is 34.7 Å². The van der Waals surface area contributed by atoms with Gasteiger partial charge in [0.15, 0.2) is 5.69 Å². The molecule has 202 valence electrons. The number of carbonyl (C=O) groups excluding carboxylic acids is 2. The van der Waals surface area contributed by atoms with Crippen LogP contribution in [-0.4, -0.2) is 46.4 Å². The largest absolute Gasteiger partial charge is 0.416 e. The van der Waals surface area contributed by atoms with Gasteiger partial charge >= 0.3 is 11.9 Å². The zero-order chi connectivity index (χ0) is 28.1. The second-order valence-corrected chi connectivity index (χ2v) is 9.54. The molecule has 9 nitrogen and oxygen atoms in total. The molecule has 0 aliphatic heterocycles. The van der Waals surface area contributed by atoms with Crippen molar-refractivity contribution >= 4 is 29.4 Å². The van der Waals surface area contributed by atoms with E-state index in [0.717, 1.165) is 23.1 Å². The average Bonchev–Trinajstić information content (AvgIpc) is 2.78. The zero-order valence-electron chi connectivity index (χ0n) is 21.4. The van der Waals surface area contributed by atoms with Gasteiger partial charge in [0.1, 0.15) is 12.4 Å². The van der Waals surface area contributed by atoms with E-state index in [-0.39, 0.29) is 36.4 Å². The highest BCUT2D eigenvalue weighted by Gasteiger charge is 2.30. The molecule has 0 unspecified atom stereocenters. The van der Waals surface area contributed by atoms with Crippen LogP contribution in [0.4, 0.5) is 24.7 Å². The number of aromatic nitrogens is 2. The lowest BCUT2D eigenvalue weighted by Crippen LogP contribution is -2.46. The molecule has 0 spiro atoms. The van der Waals surface area contributed by atoms with Crippen LogP contribution in [0.3, 0.4) is 0 Å². The summed E-state index contributed by atoms with van der Waals surface area (Å²) in [5, 5.41) is 0. The first-order chi connectivity index (χ1) is 17.1. The number of hydrogen-bond donors (Lipinski definition) is 2. The predicted octanol–water partition coefficient (Wildman–Crippen LogP) is 2.95. The number of nitrogens with two attached hydrogens (primary N) is 1. The minimum absolute atomic E-state index is 0.0354. The first kappa shape index (κ1) is 29.4. The van der Waals surface area contributed by atoms with Gasteiger partial charge in [-0.25, -0.2) is 4.79 Å². The summed E-state index contributed by atoms with van der Waals surface area (Å²) in [5.74, 6) is -1.36. The first-order valence-electron chi connectivity index (χ1n) is 11.6. The summed E-state index contributed by atoms with van der Waals surface area (Å²) in [7, 11) is 1.37. The van der Waals surface area contributed by atoms with E-state index in [9.17, 15) is 32.3 Å². The number of nitrogens with zero attached hydrogens (tertiary/aromatic N) is 3. The number of amides is 2. The smallest absolute Gasteiger partial charge is 0.383 e. The molecule has 0 radical (unpaired) electrons. The highest BCUT2D eigenvalue weighted by atomic mass is 19.4. The van der Waals surface area contributed by atoms with E-state index in [0.29, 0.717) is 5.56 Å². The van der Waals surface area contributed by atoms with Crippen LogP contribution in [0.15, 0.2) is 39.9 Å². The Labute approximate surface area is 212 Å². The van der Waals surface area contributed by atoms with E-state index < -0.39 is 41.3 Å². The first-order valence-corrected chi connectivity index (χ1v) is 11.6. The Balaban J connectivity index is 2.27. The van der Waals surface area contributed by atoms with E-state index in [1.807, 2.05) is 27.7 Å². The molecule has 12 heteroatoms. The van der Waals surface area contributed by atoms with Crippen LogP contribution in [0.2, 0.25) is 0 Å². The standard InChI is InChI=1S/C25H32F3N5O4/c1-15(2)12-32(21-22(29)33(13-16(3)4)24(37)30-23(21)36)20(35)14-31(5)19(34)11-8-17-6-9-18(10-7-17)25(26,27)28/h6-11,15-16H,12-14,29H2,1-5H3,(H,30,36,37). The third-order valence-corrected chi connectivity index (χ3v) is 5.29.